The molecule has 0 saturated carbocycles. The van der Waals surface area contributed by atoms with Crippen LogP contribution in [0.1, 0.15) is 5.56 Å². The van der Waals surface area contributed by atoms with Crippen LogP contribution in [-0.4, -0.2) is 21.9 Å². The van der Waals surface area contributed by atoms with E-state index in [0.29, 0.717) is 12.3 Å². The Morgan fingerprint density at radius 2 is 2.19 bits per heavy atom. The summed E-state index contributed by atoms with van der Waals surface area (Å²) >= 11 is 2.68. The van der Waals surface area contributed by atoms with Crippen LogP contribution in [0.25, 0.3) is 6.08 Å². The minimum atomic E-state index is -0.0287. The lowest BCUT2D eigenvalue weighted by atomic mass is 10.2. The Morgan fingerprint density at radius 3 is 2.95 bits per heavy atom. The maximum atomic E-state index is 11.9. The first-order valence-electron chi connectivity index (χ1n) is 6.33. The Labute approximate surface area is 132 Å². The lowest BCUT2D eigenvalue weighted by Gasteiger charge is -2.03. The van der Waals surface area contributed by atoms with Crippen LogP contribution in [-0.2, 0) is 4.79 Å². The quantitative estimate of drug-likeness (QED) is 0.584. The highest BCUT2D eigenvalue weighted by molar-refractivity contribution is 8.45. The summed E-state index contributed by atoms with van der Waals surface area (Å²) in [6, 6.07) is 7.54. The molecule has 1 aromatic carbocycles. The van der Waals surface area contributed by atoms with Gasteiger partial charge in [-0.1, -0.05) is 42.6 Å². The molecule has 0 unspecified atom stereocenters. The molecule has 0 bridgehead atoms. The van der Waals surface area contributed by atoms with Crippen LogP contribution < -0.4 is 4.74 Å². The molecule has 21 heavy (non-hydrogen) atoms. The summed E-state index contributed by atoms with van der Waals surface area (Å²) in [6.07, 6.45) is 5.26. The van der Waals surface area contributed by atoms with Crippen LogP contribution >= 0.6 is 23.5 Å². The minimum Gasteiger partial charge on any atom is -0.490 e. The van der Waals surface area contributed by atoms with Crippen molar-refractivity contribution in [3.8, 4) is 5.75 Å². The van der Waals surface area contributed by atoms with Crippen molar-refractivity contribution in [2.24, 2.45) is 4.99 Å². The molecule has 0 aromatic heterocycles. The second-order valence-corrected chi connectivity index (χ2v) is 6.30. The average molecular weight is 317 g/mol. The van der Waals surface area contributed by atoms with Crippen molar-refractivity contribution in [1.82, 2.24) is 0 Å². The number of hydrogen-bond acceptors (Lipinski definition) is 5. The van der Waals surface area contributed by atoms with Gasteiger partial charge in [0.15, 0.2) is 0 Å². The topological polar surface area (TPSA) is 38.7 Å². The van der Waals surface area contributed by atoms with E-state index >= 15 is 0 Å². The van der Waals surface area contributed by atoms with Crippen molar-refractivity contribution in [2.45, 2.75) is 0 Å². The predicted molar refractivity (Wildman–Crippen MR) is 92.8 cm³/mol. The van der Waals surface area contributed by atoms with Gasteiger partial charge < -0.3 is 4.74 Å². The van der Waals surface area contributed by atoms with Crippen LogP contribution in [0.15, 0.2) is 60.3 Å². The summed E-state index contributed by atoms with van der Waals surface area (Å²) in [7, 11) is 0. The van der Waals surface area contributed by atoms with E-state index < -0.39 is 0 Å². The molecule has 2 rings (SSSR count). The lowest BCUT2D eigenvalue weighted by Crippen LogP contribution is -1.93. The smallest absolute Gasteiger partial charge is 0.244 e. The highest BCUT2D eigenvalue weighted by atomic mass is 32.2. The fourth-order valence-corrected chi connectivity index (χ4v) is 3.19. The summed E-state index contributed by atoms with van der Waals surface area (Å²) < 4.78 is 6.24. The van der Waals surface area contributed by atoms with Gasteiger partial charge in [0.1, 0.15) is 22.4 Å². The van der Waals surface area contributed by atoms with Gasteiger partial charge in [0.25, 0.3) is 0 Å². The standard InChI is InChI=1S/C16H15NO2S2/c1-3-8-19-13-7-5-6-12(10-13)11-14-15(18)21-16(17-14)20-9-4-2/h3-7,10-11H,1-2,8-9H2/b14-11+. The van der Waals surface area contributed by atoms with Crippen molar-refractivity contribution in [3.63, 3.8) is 0 Å². The lowest BCUT2D eigenvalue weighted by molar-refractivity contribution is -0.107. The molecule has 0 N–H and O–H groups in total. The van der Waals surface area contributed by atoms with E-state index in [1.165, 1.54) is 11.8 Å². The monoisotopic (exact) mass is 317 g/mol. The summed E-state index contributed by atoms with van der Waals surface area (Å²) in [5.41, 5.74) is 1.35. The zero-order valence-corrected chi connectivity index (χ0v) is 13.1. The van der Waals surface area contributed by atoms with E-state index in [9.17, 15) is 4.79 Å². The fraction of sp³-hybridized carbons (Fsp3) is 0.125. The molecule has 0 saturated heterocycles. The van der Waals surface area contributed by atoms with Crippen molar-refractivity contribution in [3.05, 3.63) is 60.8 Å². The van der Waals surface area contributed by atoms with Gasteiger partial charge in [0.05, 0.1) is 0 Å². The van der Waals surface area contributed by atoms with Crippen molar-refractivity contribution in [1.29, 1.82) is 0 Å². The van der Waals surface area contributed by atoms with E-state index in [1.54, 1.807) is 18.2 Å². The molecule has 0 aliphatic carbocycles. The summed E-state index contributed by atoms with van der Waals surface area (Å²) in [6.45, 7) is 7.72. The maximum absolute atomic E-state index is 11.9. The molecule has 0 radical (unpaired) electrons. The average Bonchev–Trinajstić information content (AvgIpc) is 2.83. The molecule has 1 aliphatic rings. The second kappa shape index (κ2) is 7.90. The van der Waals surface area contributed by atoms with Crippen LogP contribution in [0, 0.1) is 0 Å². The second-order valence-electron chi connectivity index (χ2n) is 4.07. The molecular formula is C16H15NO2S2. The van der Waals surface area contributed by atoms with E-state index in [2.05, 4.69) is 18.2 Å². The van der Waals surface area contributed by atoms with Crippen molar-refractivity contribution < 1.29 is 9.53 Å². The van der Waals surface area contributed by atoms with Crippen molar-refractivity contribution in [2.75, 3.05) is 12.4 Å². The Balaban J connectivity index is 2.14. The summed E-state index contributed by atoms with van der Waals surface area (Å²) in [5, 5.41) is -0.0287. The number of rotatable bonds is 6. The zero-order chi connectivity index (χ0) is 15.1. The summed E-state index contributed by atoms with van der Waals surface area (Å²) in [5.74, 6) is 1.49. The van der Waals surface area contributed by atoms with E-state index in [0.717, 1.165) is 33.2 Å². The van der Waals surface area contributed by atoms with E-state index in [4.69, 9.17) is 4.74 Å². The number of aliphatic imine (C=N–C) groups is 1. The van der Waals surface area contributed by atoms with Gasteiger partial charge in [-0.3, -0.25) is 4.79 Å². The number of hydrogen-bond donors (Lipinski definition) is 0. The van der Waals surface area contributed by atoms with Gasteiger partial charge in [0, 0.05) is 5.75 Å². The Kier molecular flexibility index (Phi) is 5.90. The van der Waals surface area contributed by atoms with Gasteiger partial charge in [0.2, 0.25) is 5.12 Å². The molecule has 0 fully saturated rings. The fourth-order valence-electron chi connectivity index (χ4n) is 1.59. The van der Waals surface area contributed by atoms with E-state index in [-0.39, 0.29) is 5.12 Å². The number of benzene rings is 1. The van der Waals surface area contributed by atoms with Crippen molar-refractivity contribution >= 4 is 39.1 Å². The van der Waals surface area contributed by atoms with Crippen LogP contribution in [0.2, 0.25) is 0 Å². The summed E-state index contributed by atoms with van der Waals surface area (Å²) in [4.78, 5) is 16.2. The molecule has 0 spiro atoms. The van der Waals surface area contributed by atoms with Gasteiger partial charge in [-0.2, -0.15) is 0 Å². The molecule has 5 heteroatoms. The molecule has 3 nitrogen and oxygen atoms in total. The number of thioether (sulfide) groups is 2. The van der Waals surface area contributed by atoms with E-state index in [1.807, 2.05) is 24.3 Å². The highest BCUT2D eigenvalue weighted by Crippen LogP contribution is 2.31. The maximum Gasteiger partial charge on any atom is 0.244 e. The molecule has 1 aromatic rings. The predicted octanol–water partition coefficient (Wildman–Crippen LogP) is 4.14. The number of ether oxygens (including phenoxy) is 1. The molecule has 108 valence electrons. The Morgan fingerprint density at radius 1 is 1.33 bits per heavy atom. The van der Waals surface area contributed by atoms with Crippen LogP contribution in [0.5, 0.6) is 5.75 Å². The molecule has 1 aliphatic heterocycles. The van der Waals surface area contributed by atoms with Gasteiger partial charge in [-0.25, -0.2) is 4.99 Å². The molecule has 0 amide bonds. The first-order chi connectivity index (χ1) is 10.2. The molecular weight excluding hydrogens is 302 g/mol. The van der Waals surface area contributed by atoms with Crippen LogP contribution in [0.4, 0.5) is 0 Å². The highest BCUT2D eigenvalue weighted by Gasteiger charge is 2.21. The first kappa shape index (κ1) is 15.7. The third-order valence-electron chi connectivity index (χ3n) is 2.45. The zero-order valence-electron chi connectivity index (χ0n) is 11.5. The molecule has 1 heterocycles. The molecule has 0 atom stereocenters. The Hall–Kier alpha value is -1.72. The van der Waals surface area contributed by atoms with Gasteiger partial charge >= 0.3 is 0 Å². The van der Waals surface area contributed by atoms with Gasteiger partial charge in [-0.05, 0) is 35.5 Å². The SMILES string of the molecule is C=CCOc1cccc(/C=C2/N=C(SCC=C)SC2=O)c1. The number of carbonyl (C=O) groups is 1. The first-order valence-corrected chi connectivity index (χ1v) is 8.13. The Bertz CT molecular complexity index is 620. The minimum absolute atomic E-state index is 0.0287. The third-order valence-corrected chi connectivity index (χ3v) is 4.46. The number of nitrogens with zero attached hydrogens (tertiary/aromatic N) is 1. The normalized spacial score (nSPS) is 15.9. The third kappa shape index (κ3) is 4.65. The van der Waals surface area contributed by atoms with Gasteiger partial charge in [-0.15, -0.1) is 6.58 Å². The number of carbonyl (C=O) groups excluding carboxylic acids is 1. The largest absolute Gasteiger partial charge is 0.490 e. The van der Waals surface area contributed by atoms with Crippen LogP contribution in [0.3, 0.4) is 0 Å².